The second kappa shape index (κ2) is 10.8. The molecule has 32 heavy (non-hydrogen) atoms. The minimum Gasteiger partial charge on any atom is -0.351 e. The van der Waals surface area contributed by atoms with Gasteiger partial charge in [0.05, 0.1) is 11.4 Å². The van der Waals surface area contributed by atoms with Gasteiger partial charge in [0.2, 0.25) is 15.9 Å². The predicted molar refractivity (Wildman–Crippen MR) is 131 cm³/mol. The van der Waals surface area contributed by atoms with E-state index in [9.17, 15) is 13.2 Å². The number of aryl methyl sites for hydroxylation is 1. The predicted octanol–water partition coefficient (Wildman–Crippen LogP) is 5.57. The summed E-state index contributed by atoms with van der Waals surface area (Å²) < 4.78 is 28.5. The zero-order valence-corrected chi connectivity index (χ0v) is 21.1. The van der Waals surface area contributed by atoms with Gasteiger partial charge in [-0.1, -0.05) is 75.0 Å². The fourth-order valence-corrected chi connectivity index (χ4v) is 5.17. The van der Waals surface area contributed by atoms with Crippen LogP contribution in [0.25, 0.3) is 0 Å². The molecule has 0 radical (unpaired) electrons. The summed E-state index contributed by atoms with van der Waals surface area (Å²) >= 11 is 15.5. The second-order valence-electron chi connectivity index (χ2n) is 7.23. The maximum atomic E-state index is 13.3. The van der Waals surface area contributed by atoms with Crippen molar-refractivity contribution < 1.29 is 13.2 Å². The van der Waals surface area contributed by atoms with E-state index < -0.39 is 15.9 Å². The van der Waals surface area contributed by atoms with Gasteiger partial charge in [0, 0.05) is 27.6 Å². The first-order chi connectivity index (χ1) is 15.1. The molecular weight excluding hydrogens is 535 g/mol. The van der Waals surface area contributed by atoms with Crippen molar-refractivity contribution in [2.24, 2.45) is 0 Å². The molecule has 0 spiro atoms. The van der Waals surface area contributed by atoms with Crippen LogP contribution >= 0.6 is 39.1 Å². The number of rotatable bonds is 8. The molecule has 5 nitrogen and oxygen atoms in total. The number of benzene rings is 3. The molecule has 0 aromatic heterocycles. The molecule has 0 aliphatic carbocycles. The van der Waals surface area contributed by atoms with E-state index >= 15 is 0 Å². The van der Waals surface area contributed by atoms with Gasteiger partial charge < -0.3 is 5.32 Å². The third-order valence-electron chi connectivity index (χ3n) is 4.71. The Morgan fingerprint density at radius 3 is 2.41 bits per heavy atom. The maximum absolute atomic E-state index is 13.3. The maximum Gasteiger partial charge on any atom is 0.243 e. The number of carbonyl (C=O) groups excluding carboxylic acids is 1. The molecule has 0 aliphatic heterocycles. The Bertz CT molecular complexity index is 1220. The highest BCUT2D eigenvalue weighted by atomic mass is 79.9. The first-order valence-corrected chi connectivity index (χ1v) is 12.7. The van der Waals surface area contributed by atoms with Gasteiger partial charge in [0.25, 0.3) is 0 Å². The zero-order valence-electron chi connectivity index (χ0n) is 17.2. The number of hydrogen-bond donors (Lipinski definition) is 1. The molecular formula is C23H21BrCl2N2O3S. The van der Waals surface area contributed by atoms with E-state index in [1.54, 1.807) is 30.3 Å². The number of amides is 1. The van der Waals surface area contributed by atoms with E-state index in [0.29, 0.717) is 22.2 Å². The Morgan fingerprint density at radius 1 is 1.03 bits per heavy atom. The average Bonchev–Trinajstić information content (AvgIpc) is 2.74. The lowest BCUT2D eigenvalue weighted by Crippen LogP contribution is -2.40. The van der Waals surface area contributed by atoms with Crippen molar-refractivity contribution >= 4 is 55.1 Å². The van der Waals surface area contributed by atoms with Crippen molar-refractivity contribution in [2.45, 2.75) is 24.9 Å². The highest BCUT2D eigenvalue weighted by molar-refractivity contribution is 9.10. The van der Waals surface area contributed by atoms with Crippen molar-refractivity contribution in [3.8, 4) is 0 Å². The molecule has 9 heteroatoms. The molecule has 0 bridgehead atoms. The van der Waals surface area contributed by atoms with Crippen molar-refractivity contribution in [1.82, 2.24) is 9.62 Å². The van der Waals surface area contributed by atoms with E-state index in [1.165, 1.54) is 12.1 Å². The third kappa shape index (κ3) is 6.56. The largest absolute Gasteiger partial charge is 0.351 e. The minimum absolute atomic E-state index is 0.0771. The molecule has 0 atom stereocenters. The molecule has 0 aliphatic rings. The highest BCUT2D eigenvalue weighted by Crippen LogP contribution is 2.25. The molecule has 1 amide bonds. The van der Waals surface area contributed by atoms with Gasteiger partial charge in [0.1, 0.15) is 0 Å². The van der Waals surface area contributed by atoms with E-state index in [1.807, 2.05) is 31.2 Å². The van der Waals surface area contributed by atoms with Gasteiger partial charge in [-0.25, -0.2) is 8.42 Å². The Kier molecular flexibility index (Phi) is 8.36. The van der Waals surface area contributed by atoms with E-state index in [-0.39, 0.29) is 18.0 Å². The molecule has 3 rings (SSSR count). The molecule has 0 heterocycles. The van der Waals surface area contributed by atoms with Crippen LogP contribution in [0.15, 0.2) is 76.1 Å². The quantitative estimate of drug-likeness (QED) is 0.395. The lowest BCUT2D eigenvalue weighted by molar-refractivity contribution is -0.121. The topological polar surface area (TPSA) is 66.5 Å². The van der Waals surface area contributed by atoms with Gasteiger partial charge in [0.15, 0.2) is 0 Å². The van der Waals surface area contributed by atoms with E-state index in [2.05, 4.69) is 21.2 Å². The summed E-state index contributed by atoms with van der Waals surface area (Å²) in [5.74, 6) is -0.419. The molecule has 3 aromatic rings. The van der Waals surface area contributed by atoms with Crippen molar-refractivity contribution in [3.63, 3.8) is 0 Å². The summed E-state index contributed by atoms with van der Waals surface area (Å²) in [6.07, 6.45) is 0. The van der Waals surface area contributed by atoms with Crippen LogP contribution in [-0.2, 0) is 27.9 Å². The molecule has 0 saturated heterocycles. The summed E-state index contributed by atoms with van der Waals surface area (Å²) in [6, 6.07) is 18.8. The minimum atomic E-state index is -3.97. The van der Waals surface area contributed by atoms with Gasteiger partial charge >= 0.3 is 0 Å². The number of hydrogen-bond acceptors (Lipinski definition) is 3. The number of nitrogens with one attached hydrogen (secondary N) is 1. The first kappa shape index (κ1) is 24.7. The lowest BCUT2D eigenvalue weighted by Gasteiger charge is -2.22. The monoisotopic (exact) mass is 554 g/mol. The first-order valence-electron chi connectivity index (χ1n) is 9.67. The van der Waals surface area contributed by atoms with Gasteiger partial charge in [-0.3, -0.25) is 4.79 Å². The number of carbonyl (C=O) groups is 1. The van der Waals surface area contributed by atoms with Gasteiger partial charge in [-0.2, -0.15) is 4.31 Å². The second-order valence-corrected chi connectivity index (χ2v) is 10.9. The van der Waals surface area contributed by atoms with Crippen LogP contribution in [0.2, 0.25) is 10.0 Å². The van der Waals surface area contributed by atoms with Crippen LogP contribution in [0, 0.1) is 6.92 Å². The van der Waals surface area contributed by atoms with E-state index in [4.69, 9.17) is 23.2 Å². The number of nitrogens with zero attached hydrogens (tertiary/aromatic N) is 1. The number of sulfonamides is 1. The third-order valence-corrected chi connectivity index (χ3v) is 7.63. The average molecular weight is 556 g/mol. The summed E-state index contributed by atoms with van der Waals surface area (Å²) in [7, 11) is -3.97. The Balaban J connectivity index is 1.83. The van der Waals surface area contributed by atoms with Crippen LogP contribution in [0.4, 0.5) is 0 Å². The highest BCUT2D eigenvalue weighted by Gasteiger charge is 2.27. The molecule has 0 unspecified atom stereocenters. The Morgan fingerprint density at radius 2 is 1.75 bits per heavy atom. The van der Waals surface area contributed by atoms with Crippen LogP contribution in [0.3, 0.4) is 0 Å². The Labute approximate surface area is 206 Å². The van der Waals surface area contributed by atoms with Gasteiger partial charge in [-0.05, 0) is 54.4 Å². The lowest BCUT2D eigenvalue weighted by atomic mass is 10.1. The fraction of sp³-hybridized carbons (Fsp3) is 0.174. The normalized spacial score (nSPS) is 11.5. The van der Waals surface area contributed by atoms with Crippen LogP contribution in [0.1, 0.15) is 16.7 Å². The molecule has 0 saturated carbocycles. The summed E-state index contributed by atoms with van der Waals surface area (Å²) in [5.41, 5.74) is 2.55. The summed E-state index contributed by atoms with van der Waals surface area (Å²) in [4.78, 5) is 12.8. The molecule has 0 fully saturated rings. The molecule has 3 aromatic carbocycles. The van der Waals surface area contributed by atoms with Crippen molar-refractivity contribution in [2.75, 3.05) is 6.54 Å². The summed E-state index contributed by atoms with van der Waals surface area (Å²) in [5, 5.41) is 3.56. The van der Waals surface area contributed by atoms with Crippen molar-refractivity contribution in [3.05, 3.63) is 97.9 Å². The Hall–Kier alpha value is -1.90. The fourth-order valence-electron chi connectivity index (χ4n) is 3.06. The van der Waals surface area contributed by atoms with Crippen LogP contribution in [0.5, 0.6) is 0 Å². The SMILES string of the molecule is Cc1cccc(CNC(=O)CN(Cc2ccc(Cl)cc2Cl)S(=O)(=O)c2ccc(Br)cc2)c1. The summed E-state index contributed by atoms with van der Waals surface area (Å²) in [6.45, 7) is 1.83. The molecule has 1 N–H and O–H groups in total. The zero-order chi connectivity index (χ0) is 23.3. The van der Waals surface area contributed by atoms with Gasteiger partial charge in [-0.15, -0.1) is 0 Å². The smallest absolute Gasteiger partial charge is 0.243 e. The van der Waals surface area contributed by atoms with Crippen LogP contribution < -0.4 is 5.32 Å². The standard InChI is InChI=1S/C23H21BrCl2N2O3S/c1-16-3-2-4-17(11-16)13-27-23(29)15-28(14-18-5-8-20(25)12-22(18)26)32(30,31)21-9-6-19(24)7-10-21/h2-12H,13-15H2,1H3,(H,27,29). The van der Waals surface area contributed by atoms with Crippen molar-refractivity contribution in [1.29, 1.82) is 0 Å². The molecule has 168 valence electrons. The van der Waals surface area contributed by atoms with E-state index in [0.717, 1.165) is 19.9 Å². The number of halogens is 3. The van der Waals surface area contributed by atoms with Crippen LogP contribution in [-0.4, -0.2) is 25.2 Å².